The molecule has 1 rings (SSSR count). The molecule has 5 heteroatoms. The van der Waals surface area contributed by atoms with Gasteiger partial charge in [-0.25, -0.2) is 0 Å². The predicted molar refractivity (Wildman–Crippen MR) is 99.8 cm³/mol. The van der Waals surface area contributed by atoms with Gasteiger partial charge >= 0.3 is 0 Å². The second-order valence-electron chi connectivity index (χ2n) is 7.58. The minimum absolute atomic E-state index is 0.104. The van der Waals surface area contributed by atoms with E-state index >= 15 is 0 Å². The summed E-state index contributed by atoms with van der Waals surface area (Å²) in [7, 11) is 0. The van der Waals surface area contributed by atoms with Crippen molar-refractivity contribution in [3.63, 3.8) is 0 Å². The number of ketones is 1. The lowest BCUT2D eigenvalue weighted by Gasteiger charge is -2.34. The molecule has 0 amide bonds. The van der Waals surface area contributed by atoms with Crippen molar-refractivity contribution in [1.29, 1.82) is 5.41 Å². The van der Waals surface area contributed by atoms with Crippen LogP contribution in [0.4, 0.5) is 0 Å². The van der Waals surface area contributed by atoms with Crippen LogP contribution < -0.4 is 0 Å². The third-order valence-corrected chi connectivity index (χ3v) is 4.56. The zero-order chi connectivity index (χ0) is 19.5. The van der Waals surface area contributed by atoms with Crippen molar-refractivity contribution in [2.24, 2.45) is 11.8 Å². The van der Waals surface area contributed by atoms with Gasteiger partial charge in [0.05, 0.1) is 17.4 Å². The minimum atomic E-state index is -2.03. The maximum Gasteiger partial charge on any atom is 0.170 e. The van der Waals surface area contributed by atoms with Gasteiger partial charge in [0.15, 0.2) is 11.4 Å². The molecule has 0 spiro atoms. The Morgan fingerprint density at radius 1 is 1.20 bits per heavy atom. The van der Waals surface area contributed by atoms with Crippen LogP contribution >= 0.6 is 0 Å². The Labute approximate surface area is 150 Å². The monoisotopic (exact) mass is 349 g/mol. The molecule has 0 bridgehead atoms. The van der Waals surface area contributed by atoms with E-state index in [1.54, 1.807) is 19.9 Å². The van der Waals surface area contributed by atoms with Crippen molar-refractivity contribution in [2.75, 3.05) is 0 Å². The smallest absolute Gasteiger partial charge is 0.170 e. The largest absolute Gasteiger partial charge is 0.508 e. The summed E-state index contributed by atoms with van der Waals surface area (Å²) in [6.07, 6.45) is 2.69. The lowest BCUT2D eigenvalue weighted by molar-refractivity contribution is -0.118. The lowest BCUT2D eigenvalue weighted by Crippen LogP contribution is -2.49. The summed E-state index contributed by atoms with van der Waals surface area (Å²) < 4.78 is 0. The normalized spacial score (nSPS) is 24.5. The first-order valence-electron chi connectivity index (χ1n) is 8.68. The zero-order valence-electron chi connectivity index (χ0n) is 16.1. The first-order chi connectivity index (χ1) is 11.4. The van der Waals surface area contributed by atoms with Crippen LogP contribution in [0.2, 0.25) is 0 Å². The average molecular weight is 349 g/mol. The Morgan fingerprint density at radius 2 is 1.72 bits per heavy atom. The fourth-order valence-electron chi connectivity index (χ4n) is 2.99. The molecule has 0 aromatic heterocycles. The molecule has 0 saturated carbocycles. The van der Waals surface area contributed by atoms with Gasteiger partial charge in [-0.2, -0.15) is 0 Å². The van der Waals surface area contributed by atoms with Gasteiger partial charge in [-0.3, -0.25) is 4.79 Å². The molecule has 4 N–H and O–H groups in total. The number of carbonyl (C=O) groups excluding carboxylic acids is 1. The average Bonchev–Trinajstić information content (AvgIpc) is 2.69. The summed E-state index contributed by atoms with van der Waals surface area (Å²) >= 11 is 0. The van der Waals surface area contributed by atoms with Gasteiger partial charge in [0.2, 0.25) is 0 Å². The molecule has 1 aliphatic carbocycles. The van der Waals surface area contributed by atoms with Gasteiger partial charge in [-0.1, -0.05) is 37.1 Å². The fraction of sp³-hybridized carbons (Fsp3) is 0.600. The number of allylic oxidation sites excluding steroid dienone is 4. The van der Waals surface area contributed by atoms with Gasteiger partial charge in [0, 0.05) is 11.8 Å². The Balaban J connectivity index is 3.42. The molecule has 3 atom stereocenters. The molecule has 5 nitrogen and oxygen atoms in total. The molecule has 0 saturated heterocycles. The van der Waals surface area contributed by atoms with E-state index in [1.165, 1.54) is 0 Å². The van der Waals surface area contributed by atoms with E-state index < -0.39 is 35.1 Å². The van der Waals surface area contributed by atoms with Gasteiger partial charge in [0.1, 0.15) is 5.76 Å². The molecule has 0 fully saturated rings. The first-order valence-corrected chi connectivity index (χ1v) is 8.68. The molecule has 0 aromatic rings. The molecule has 0 unspecified atom stereocenters. The van der Waals surface area contributed by atoms with Crippen molar-refractivity contribution in [3.05, 3.63) is 34.6 Å². The SMILES string of the molecule is CC(C)=CC[C@H](O)[C@@]1(O)C(O)=C(C(=O)C(C)C)C(=N)[C@@H]1CC=C(C)C. The van der Waals surface area contributed by atoms with Gasteiger partial charge in [-0.05, 0) is 40.5 Å². The molecular weight excluding hydrogens is 318 g/mol. The molecule has 140 valence electrons. The Morgan fingerprint density at radius 3 is 2.16 bits per heavy atom. The van der Waals surface area contributed by atoms with E-state index in [9.17, 15) is 20.1 Å². The number of Topliss-reactive ketones (excluding diaryl/α,β-unsaturated/α-hetero) is 1. The standard InChI is InChI=1S/C20H31NO4/c1-11(2)7-9-14-17(21)16(18(23)13(5)6)19(24)20(14,25)15(22)10-8-12(3)4/h7-8,13-15,21-22,24-25H,9-10H2,1-6H3/t14-,15-,20+/m0/s1. The zero-order valence-corrected chi connectivity index (χ0v) is 16.1. The lowest BCUT2D eigenvalue weighted by atomic mass is 9.79. The third-order valence-electron chi connectivity index (χ3n) is 4.56. The molecule has 0 aliphatic heterocycles. The number of rotatable bonds is 7. The van der Waals surface area contributed by atoms with E-state index in [2.05, 4.69) is 0 Å². The van der Waals surface area contributed by atoms with Crippen molar-refractivity contribution in [3.8, 4) is 0 Å². The fourth-order valence-corrected chi connectivity index (χ4v) is 2.99. The summed E-state index contributed by atoms with van der Waals surface area (Å²) in [5.74, 6) is -2.24. The Bertz CT molecular complexity index is 634. The highest BCUT2D eigenvalue weighted by molar-refractivity contribution is 6.25. The highest BCUT2D eigenvalue weighted by Crippen LogP contribution is 2.43. The Hall–Kier alpha value is -1.72. The second kappa shape index (κ2) is 8.11. The third kappa shape index (κ3) is 4.28. The van der Waals surface area contributed by atoms with Crippen LogP contribution in [0, 0.1) is 17.2 Å². The number of nitrogens with one attached hydrogen (secondary N) is 1. The van der Waals surface area contributed by atoms with Crippen molar-refractivity contribution in [1.82, 2.24) is 0 Å². The summed E-state index contributed by atoms with van der Waals surface area (Å²) in [6, 6.07) is 0. The van der Waals surface area contributed by atoms with Crippen LogP contribution in [0.5, 0.6) is 0 Å². The van der Waals surface area contributed by atoms with Crippen molar-refractivity contribution >= 4 is 11.5 Å². The van der Waals surface area contributed by atoms with Gasteiger partial charge < -0.3 is 20.7 Å². The number of hydrogen-bond donors (Lipinski definition) is 4. The number of carbonyl (C=O) groups is 1. The highest BCUT2D eigenvalue weighted by atomic mass is 16.4. The van der Waals surface area contributed by atoms with Crippen molar-refractivity contribution < 1.29 is 20.1 Å². The van der Waals surface area contributed by atoms with Crippen molar-refractivity contribution in [2.45, 2.75) is 66.1 Å². The van der Waals surface area contributed by atoms with E-state index in [4.69, 9.17) is 5.41 Å². The maximum atomic E-state index is 12.4. The molecule has 25 heavy (non-hydrogen) atoms. The number of hydrogen-bond acceptors (Lipinski definition) is 5. The summed E-state index contributed by atoms with van der Waals surface area (Å²) in [5, 5.41) is 40.8. The molecular formula is C20H31NO4. The second-order valence-corrected chi connectivity index (χ2v) is 7.58. The summed E-state index contributed by atoms with van der Waals surface area (Å²) in [6.45, 7) is 10.9. The van der Waals surface area contributed by atoms with Crippen LogP contribution in [0.15, 0.2) is 34.6 Å². The van der Waals surface area contributed by atoms with Gasteiger partial charge in [0.25, 0.3) is 0 Å². The van der Waals surface area contributed by atoms with E-state index in [0.717, 1.165) is 11.1 Å². The van der Waals surface area contributed by atoms with Gasteiger partial charge in [-0.15, -0.1) is 0 Å². The maximum absolute atomic E-state index is 12.4. The summed E-state index contributed by atoms with van der Waals surface area (Å²) in [5.41, 5.74) is -0.321. The van der Waals surface area contributed by atoms with Crippen LogP contribution in [-0.4, -0.2) is 38.5 Å². The number of aliphatic hydroxyl groups excluding tert-OH is 2. The van der Waals surface area contributed by atoms with Crippen LogP contribution in [0.25, 0.3) is 0 Å². The Kier molecular flexibility index (Phi) is 6.91. The van der Waals surface area contributed by atoms with E-state index in [-0.39, 0.29) is 24.1 Å². The first kappa shape index (κ1) is 21.3. The quantitative estimate of drug-likeness (QED) is 0.529. The van der Waals surface area contributed by atoms with E-state index in [0.29, 0.717) is 0 Å². The highest BCUT2D eigenvalue weighted by Gasteiger charge is 2.56. The molecule has 0 aromatic carbocycles. The van der Waals surface area contributed by atoms with Crippen LogP contribution in [0.3, 0.4) is 0 Å². The molecule has 0 radical (unpaired) electrons. The minimum Gasteiger partial charge on any atom is -0.508 e. The summed E-state index contributed by atoms with van der Waals surface area (Å²) in [4.78, 5) is 12.4. The van der Waals surface area contributed by atoms with Crippen LogP contribution in [-0.2, 0) is 4.79 Å². The molecule has 0 heterocycles. The topological polar surface area (TPSA) is 102 Å². The van der Waals surface area contributed by atoms with Crippen LogP contribution in [0.1, 0.15) is 54.4 Å². The van der Waals surface area contributed by atoms with E-state index in [1.807, 2.05) is 33.8 Å². The molecule has 1 aliphatic rings. The predicted octanol–water partition coefficient (Wildman–Crippen LogP) is 3.48. The number of aliphatic hydroxyl groups is 3.